The molecule has 4 heterocycles. The Bertz CT molecular complexity index is 5050. The van der Waals surface area contributed by atoms with Gasteiger partial charge in [0.25, 0.3) is 0 Å². The van der Waals surface area contributed by atoms with E-state index >= 15 is 0 Å². The van der Waals surface area contributed by atoms with Gasteiger partial charge >= 0.3 is 0 Å². The molecule has 14 aromatic carbocycles. The second-order valence-electron chi connectivity index (χ2n) is 24.4. The summed E-state index contributed by atoms with van der Waals surface area (Å²) in [5.41, 5.74) is 29.8. The summed E-state index contributed by atoms with van der Waals surface area (Å²) in [4.78, 5) is 15.1. The van der Waals surface area contributed by atoms with Crippen molar-refractivity contribution in [2.45, 2.75) is 26.5 Å². The fraction of sp³-hybridized carbons (Fsp3) is 0.0118. The number of aryl methyl sites for hydroxylation is 1. The molecule has 0 spiro atoms. The predicted octanol–water partition coefficient (Wildman–Crippen LogP) is 19.5. The normalized spacial score (nSPS) is 12.8. The first kappa shape index (κ1) is 55.0. The molecule has 0 atom stereocenters. The number of nitrogens with zero attached hydrogens (tertiary/aromatic N) is 4. The van der Waals surface area contributed by atoms with Gasteiger partial charge in [-0.05, 0) is 165 Å². The van der Waals surface area contributed by atoms with Crippen molar-refractivity contribution in [2.75, 3.05) is 19.6 Å². The summed E-state index contributed by atoms with van der Waals surface area (Å²) in [5, 5.41) is 0. The number of rotatable bonds is 11. The Balaban J connectivity index is 0.899. The molecule has 93 heavy (non-hydrogen) atoms. The third-order valence-corrected chi connectivity index (χ3v) is 21.3. The van der Waals surface area contributed by atoms with E-state index in [1.165, 1.54) is 120 Å². The van der Waals surface area contributed by atoms with E-state index in [2.05, 4.69) is 360 Å². The Labute approximate surface area is 552 Å². The zero-order chi connectivity index (χ0) is 61.5. The topological polar surface area (TPSA) is 13.0 Å². The molecule has 4 aliphatic rings. The third kappa shape index (κ3) is 9.34. The first-order valence-electron chi connectivity index (χ1n) is 32.0. The second kappa shape index (κ2) is 22.8. The SMILES string of the molecule is Cc1cccc(-c2ccccc2)c1N1c2cc3c(cc2B2c4ccccc4Sc4cc(N(c5ccc(-c6ccccc6)cc5)c5ccc(-c6ccccc6)cc5)cc1c42)B1c2ccccc2N(c2ccccc2)c2cc(N(c4ccccc4)c4ccccc4)cc(c21)S3. The van der Waals surface area contributed by atoms with Crippen molar-refractivity contribution < 1.29 is 0 Å². The van der Waals surface area contributed by atoms with Crippen molar-refractivity contribution >= 4 is 138 Å². The van der Waals surface area contributed by atoms with Crippen molar-refractivity contribution in [3.8, 4) is 33.4 Å². The molecule has 0 fully saturated rings. The van der Waals surface area contributed by atoms with Crippen molar-refractivity contribution in [2.24, 2.45) is 0 Å². The van der Waals surface area contributed by atoms with Gasteiger partial charge in [0.2, 0.25) is 13.4 Å². The van der Waals surface area contributed by atoms with Gasteiger partial charge in [0.1, 0.15) is 0 Å². The van der Waals surface area contributed by atoms with Crippen molar-refractivity contribution in [1.29, 1.82) is 0 Å². The van der Waals surface area contributed by atoms with E-state index in [1.807, 2.05) is 23.5 Å². The maximum absolute atomic E-state index is 2.67. The second-order valence-corrected chi connectivity index (χ2v) is 26.5. The Morgan fingerprint density at radius 2 is 0.710 bits per heavy atom. The quantitative estimate of drug-likeness (QED) is 0.119. The molecular weight excluding hydrogens is 1160 g/mol. The lowest BCUT2D eigenvalue weighted by molar-refractivity contribution is 1.21. The minimum absolute atomic E-state index is 0.0676. The lowest BCUT2D eigenvalue weighted by Gasteiger charge is -2.44. The number of anilines is 12. The molecule has 14 aromatic rings. The summed E-state index contributed by atoms with van der Waals surface area (Å²) in [5.74, 6) is 0. The fourth-order valence-electron chi connectivity index (χ4n) is 14.9. The van der Waals surface area contributed by atoms with Crippen LogP contribution in [0.1, 0.15) is 5.56 Å². The highest BCUT2D eigenvalue weighted by Gasteiger charge is 2.47. The molecule has 0 saturated heterocycles. The van der Waals surface area contributed by atoms with E-state index in [4.69, 9.17) is 0 Å². The molecule has 0 N–H and O–H groups in total. The van der Waals surface area contributed by atoms with Gasteiger partial charge in [-0.15, -0.1) is 0 Å². The highest BCUT2D eigenvalue weighted by Crippen LogP contribution is 2.52. The molecule has 0 aliphatic carbocycles. The molecule has 0 unspecified atom stereocenters. The standard InChI is InChI=1S/C85H58B2N4S2/c1-57-25-24-38-70(62-30-12-4-13-31-62)85(57)91-76-56-80-74(86-71-39-20-22-41-75(71)90(65-36-18-7-19-37-65)77-51-68(54-82(93-80)83(77)86)88(63-32-14-5-15-33-63)64-34-16-6-17-35-64)55-73(76)87-72-40-21-23-42-79(72)92-81-53-69(52-78(91)84(81)87)89(66-47-43-60(44-48-66)58-26-8-2-9-27-58)67-49-45-61(46-50-67)59-28-10-3-11-29-59/h2-56H,1H3. The Kier molecular flexibility index (Phi) is 13.5. The van der Waals surface area contributed by atoms with E-state index in [0.29, 0.717) is 0 Å². The maximum atomic E-state index is 2.67. The molecular formula is C85H58B2N4S2. The summed E-state index contributed by atoms with van der Waals surface area (Å²) in [6.45, 7) is 2.16. The Morgan fingerprint density at radius 3 is 1.28 bits per heavy atom. The van der Waals surface area contributed by atoms with Crippen LogP contribution in [0.4, 0.5) is 68.2 Å². The van der Waals surface area contributed by atoms with Gasteiger partial charge in [0.15, 0.2) is 0 Å². The van der Waals surface area contributed by atoms with Gasteiger partial charge in [0.05, 0.1) is 5.69 Å². The molecule has 18 rings (SSSR count). The molecule has 8 heteroatoms. The summed E-state index contributed by atoms with van der Waals surface area (Å²) in [6, 6.07) is 124. The first-order chi connectivity index (χ1) is 46.1. The predicted molar refractivity (Wildman–Crippen MR) is 397 cm³/mol. The number of fused-ring (bicyclic) bond motifs is 8. The Morgan fingerprint density at radius 1 is 0.269 bits per heavy atom. The van der Waals surface area contributed by atoms with Crippen LogP contribution in [0.3, 0.4) is 0 Å². The van der Waals surface area contributed by atoms with Crippen LogP contribution >= 0.6 is 23.5 Å². The third-order valence-electron chi connectivity index (χ3n) is 19.0. The van der Waals surface area contributed by atoms with Crippen LogP contribution in [0, 0.1) is 6.92 Å². The molecule has 4 aliphatic heterocycles. The molecule has 4 nitrogen and oxygen atoms in total. The lowest BCUT2D eigenvalue weighted by atomic mass is 9.31. The van der Waals surface area contributed by atoms with E-state index in [0.717, 1.165) is 39.8 Å². The van der Waals surface area contributed by atoms with E-state index < -0.39 is 0 Å². The number of para-hydroxylation sites is 5. The van der Waals surface area contributed by atoms with Crippen molar-refractivity contribution in [1.82, 2.24) is 0 Å². The van der Waals surface area contributed by atoms with Crippen LogP contribution in [0.2, 0.25) is 0 Å². The van der Waals surface area contributed by atoms with Crippen LogP contribution in [-0.4, -0.2) is 13.4 Å². The monoisotopic (exact) mass is 1220 g/mol. The summed E-state index contributed by atoms with van der Waals surface area (Å²) >= 11 is 3.83. The summed E-state index contributed by atoms with van der Waals surface area (Å²) in [7, 11) is 0. The maximum Gasteiger partial charge on any atom is 0.249 e. The van der Waals surface area contributed by atoms with Crippen LogP contribution in [-0.2, 0) is 0 Å². The van der Waals surface area contributed by atoms with Gasteiger partial charge in [-0.1, -0.05) is 265 Å². The minimum Gasteiger partial charge on any atom is -0.311 e. The molecule has 0 aromatic heterocycles. The molecule has 0 radical (unpaired) electrons. The van der Waals surface area contributed by atoms with Gasteiger partial charge in [-0.3, -0.25) is 0 Å². The fourth-order valence-corrected chi connectivity index (χ4v) is 17.3. The average Bonchev–Trinajstić information content (AvgIpc) is 0.697. The first-order valence-corrected chi connectivity index (χ1v) is 33.6. The van der Waals surface area contributed by atoms with E-state index in [1.54, 1.807) is 0 Å². The number of benzene rings is 14. The minimum atomic E-state index is -0.0794. The van der Waals surface area contributed by atoms with Gasteiger partial charge < -0.3 is 19.6 Å². The van der Waals surface area contributed by atoms with E-state index in [9.17, 15) is 0 Å². The zero-order valence-corrected chi connectivity index (χ0v) is 52.6. The van der Waals surface area contributed by atoms with Crippen LogP contribution in [0.15, 0.2) is 353 Å². The Hall–Kier alpha value is -10.9. The van der Waals surface area contributed by atoms with Crippen LogP contribution < -0.4 is 52.4 Å². The van der Waals surface area contributed by atoms with Gasteiger partial charge in [-0.2, -0.15) is 0 Å². The van der Waals surface area contributed by atoms with Crippen molar-refractivity contribution in [3.63, 3.8) is 0 Å². The summed E-state index contributed by atoms with van der Waals surface area (Å²) in [6.07, 6.45) is 0. The average molecular weight is 1220 g/mol. The highest BCUT2D eigenvalue weighted by atomic mass is 32.2. The molecule has 436 valence electrons. The lowest BCUT2D eigenvalue weighted by Crippen LogP contribution is -2.64. The summed E-state index contributed by atoms with van der Waals surface area (Å²) < 4.78 is 0. The molecule has 0 amide bonds. The van der Waals surface area contributed by atoms with Crippen LogP contribution in [0.5, 0.6) is 0 Å². The smallest absolute Gasteiger partial charge is 0.249 e. The van der Waals surface area contributed by atoms with Gasteiger partial charge in [0, 0.05) is 87.7 Å². The van der Waals surface area contributed by atoms with Gasteiger partial charge in [-0.25, -0.2) is 0 Å². The molecule has 0 bridgehead atoms. The largest absolute Gasteiger partial charge is 0.311 e. The number of hydrogen-bond acceptors (Lipinski definition) is 6. The molecule has 0 saturated carbocycles. The van der Waals surface area contributed by atoms with E-state index in [-0.39, 0.29) is 13.4 Å². The van der Waals surface area contributed by atoms with Crippen molar-refractivity contribution in [3.05, 3.63) is 339 Å². The zero-order valence-electron chi connectivity index (χ0n) is 51.0. The highest BCUT2D eigenvalue weighted by molar-refractivity contribution is 8.00. The number of hydrogen-bond donors (Lipinski definition) is 0. The van der Waals surface area contributed by atoms with Crippen LogP contribution in [0.25, 0.3) is 33.4 Å².